The number of halogens is 6. The molecule has 2 aromatic rings. The highest BCUT2D eigenvalue weighted by Crippen LogP contribution is 2.30. The Balaban J connectivity index is 1.88. The van der Waals surface area contributed by atoms with Gasteiger partial charge < -0.3 is 15.0 Å². The van der Waals surface area contributed by atoms with Crippen molar-refractivity contribution >= 4 is 5.95 Å². The first-order chi connectivity index (χ1) is 13.6. The van der Waals surface area contributed by atoms with E-state index in [-0.39, 0.29) is 23.8 Å². The summed E-state index contributed by atoms with van der Waals surface area (Å²) in [7, 11) is 0. The molecule has 0 atom stereocenters. The maximum atomic E-state index is 12.9. The molecule has 1 aromatic carbocycles. The zero-order chi connectivity index (χ0) is 21.1. The van der Waals surface area contributed by atoms with Crippen molar-refractivity contribution in [2.75, 3.05) is 37.7 Å². The fourth-order valence-corrected chi connectivity index (χ4v) is 2.72. The molecule has 158 valence electrons. The van der Waals surface area contributed by atoms with Crippen molar-refractivity contribution in [3.8, 4) is 6.01 Å². The average Bonchev–Trinajstić information content (AvgIpc) is 2.66. The lowest BCUT2D eigenvalue weighted by atomic mass is 10.1. The van der Waals surface area contributed by atoms with Crippen LogP contribution in [0.2, 0.25) is 0 Å². The van der Waals surface area contributed by atoms with E-state index in [9.17, 15) is 26.3 Å². The molecule has 1 fully saturated rings. The van der Waals surface area contributed by atoms with Crippen LogP contribution in [0.25, 0.3) is 0 Å². The molecule has 1 saturated heterocycles. The van der Waals surface area contributed by atoms with Crippen molar-refractivity contribution < 1.29 is 31.1 Å². The van der Waals surface area contributed by atoms with Crippen LogP contribution in [0, 0.1) is 0 Å². The lowest BCUT2D eigenvalue weighted by molar-refractivity contribution is -0.154. The second kappa shape index (κ2) is 8.39. The molecule has 6 nitrogen and oxygen atoms in total. The number of anilines is 1. The number of piperazine rings is 1. The summed E-state index contributed by atoms with van der Waals surface area (Å²) in [5.74, 6) is 0.144. The van der Waals surface area contributed by atoms with E-state index in [0.29, 0.717) is 26.2 Å². The van der Waals surface area contributed by atoms with E-state index in [2.05, 4.69) is 25.0 Å². The van der Waals surface area contributed by atoms with Gasteiger partial charge in [-0.05, 0) is 11.6 Å². The summed E-state index contributed by atoms with van der Waals surface area (Å²) in [6.45, 7) is 0.721. The van der Waals surface area contributed by atoms with Gasteiger partial charge in [0.1, 0.15) is 5.82 Å². The molecule has 0 unspecified atom stereocenters. The molecule has 1 aliphatic rings. The van der Waals surface area contributed by atoms with Gasteiger partial charge in [-0.25, -0.2) is 0 Å². The van der Waals surface area contributed by atoms with Crippen LogP contribution in [0.5, 0.6) is 6.01 Å². The molecule has 0 saturated carbocycles. The molecule has 1 aliphatic heterocycles. The van der Waals surface area contributed by atoms with Gasteiger partial charge >= 0.3 is 18.4 Å². The summed E-state index contributed by atoms with van der Waals surface area (Å²) in [5.41, 5.74) is -0.570. The minimum absolute atomic E-state index is 0.0185. The zero-order valence-corrected chi connectivity index (χ0v) is 15.0. The van der Waals surface area contributed by atoms with Crippen LogP contribution in [0.15, 0.2) is 24.3 Å². The third kappa shape index (κ3) is 6.17. The number of alkyl halides is 6. The Morgan fingerprint density at radius 1 is 1.00 bits per heavy atom. The van der Waals surface area contributed by atoms with E-state index < -0.39 is 30.5 Å². The van der Waals surface area contributed by atoms with Crippen molar-refractivity contribution in [2.24, 2.45) is 0 Å². The van der Waals surface area contributed by atoms with Crippen molar-refractivity contribution in [3.05, 3.63) is 41.2 Å². The highest BCUT2D eigenvalue weighted by molar-refractivity contribution is 5.34. The predicted octanol–water partition coefficient (Wildman–Crippen LogP) is 2.83. The highest BCUT2D eigenvalue weighted by Gasteiger charge is 2.31. The Labute approximate surface area is 161 Å². The van der Waals surface area contributed by atoms with Crippen LogP contribution in [0.1, 0.15) is 17.0 Å². The molecule has 0 spiro atoms. The van der Waals surface area contributed by atoms with Crippen LogP contribution in [-0.2, 0) is 12.6 Å². The molecule has 1 aromatic heterocycles. The van der Waals surface area contributed by atoms with E-state index in [4.69, 9.17) is 0 Å². The van der Waals surface area contributed by atoms with Crippen LogP contribution in [-0.4, -0.2) is 53.9 Å². The maximum absolute atomic E-state index is 12.9. The van der Waals surface area contributed by atoms with Gasteiger partial charge in [-0.15, -0.1) is 0 Å². The second-order valence-corrected chi connectivity index (χ2v) is 6.35. The van der Waals surface area contributed by atoms with E-state index in [1.54, 1.807) is 4.90 Å². The van der Waals surface area contributed by atoms with E-state index in [1.807, 2.05) is 0 Å². The lowest BCUT2D eigenvalue weighted by Gasteiger charge is -2.27. The first-order valence-corrected chi connectivity index (χ1v) is 8.66. The van der Waals surface area contributed by atoms with Crippen LogP contribution >= 0.6 is 0 Å². The maximum Gasteiger partial charge on any atom is 0.422 e. The predicted molar refractivity (Wildman–Crippen MR) is 90.7 cm³/mol. The summed E-state index contributed by atoms with van der Waals surface area (Å²) in [5, 5.41) is 3.12. The molecule has 0 aliphatic carbocycles. The van der Waals surface area contributed by atoms with Crippen molar-refractivity contribution in [1.82, 2.24) is 20.3 Å². The zero-order valence-electron chi connectivity index (χ0n) is 15.0. The van der Waals surface area contributed by atoms with Crippen LogP contribution in [0.3, 0.4) is 0 Å². The highest BCUT2D eigenvalue weighted by atomic mass is 19.4. The first kappa shape index (κ1) is 21.1. The van der Waals surface area contributed by atoms with Gasteiger partial charge in [-0.1, -0.05) is 18.2 Å². The van der Waals surface area contributed by atoms with Crippen LogP contribution in [0.4, 0.5) is 32.3 Å². The Kier molecular flexibility index (Phi) is 6.10. The average molecular weight is 421 g/mol. The normalized spacial score (nSPS) is 15.4. The smallest absolute Gasteiger partial charge is 0.422 e. The Morgan fingerprint density at radius 2 is 1.72 bits per heavy atom. The molecule has 0 amide bonds. The summed E-state index contributed by atoms with van der Waals surface area (Å²) in [6, 6.07) is 4.07. The van der Waals surface area contributed by atoms with Crippen molar-refractivity contribution in [3.63, 3.8) is 0 Å². The third-order valence-electron chi connectivity index (χ3n) is 4.03. The summed E-state index contributed by atoms with van der Waals surface area (Å²) in [4.78, 5) is 13.7. The Morgan fingerprint density at radius 3 is 2.38 bits per heavy atom. The Hall–Kier alpha value is -2.63. The molecule has 2 heterocycles. The molecule has 1 N–H and O–H groups in total. The number of ether oxygens (including phenoxy) is 1. The van der Waals surface area contributed by atoms with Gasteiger partial charge in [0.15, 0.2) is 6.61 Å². The largest absolute Gasteiger partial charge is 0.454 e. The summed E-state index contributed by atoms with van der Waals surface area (Å²) < 4.78 is 80.8. The molecule has 0 radical (unpaired) electrons. The molecular formula is C17H17F6N5O. The monoisotopic (exact) mass is 421 g/mol. The molecule has 3 rings (SSSR count). The van der Waals surface area contributed by atoms with E-state index in [0.717, 1.165) is 12.1 Å². The van der Waals surface area contributed by atoms with E-state index in [1.165, 1.54) is 12.1 Å². The number of nitrogens with zero attached hydrogens (tertiary/aromatic N) is 4. The summed E-state index contributed by atoms with van der Waals surface area (Å²) in [6.07, 6.45) is -9.21. The van der Waals surface area contributed by atoms with Gasteiger partial charge in [0.2, 0.25) is 5.95 Å². The summed E-state index contributed by atoms with van der Waals surface area (Å²) >= 11 is 0. The second-order valence-electron chi connectivity index (χ2n) is 6.35. The number of hydrogen-bond donors (Lipinski definition) is 1. The van der Waals surface area contributed by atoms with Gasteiger partial charge in [0.25, 0.3) is 0 Å². The van der Waals surface area contributed by atoms with Gasteiger partial charge in [-0.2, -0.15) is 41.3 Å². The third-order valence-corrected chi connectivity index (χ3v) is 4.03. The number of aromatic nitrogens is 3. The van der Waals surface area contributed by atoms with Crippen molar-refractivity contribution in [1.29, 1.82) is 0 Å². The number of benzene rings is 1. The van der Waals surface area contributed by atoms with Gasteiger partial charge in [-0.3, -0.25) is 0 Å². The number of hydrogen-bond acceptors (Lipinski definition) is 6. The van der Waals surface area contributed by atoms with Crippen molar-refractivity contribution in [2.45, 2.75) is 18.8 Å². The molecular weight excluding hydrogens is 404 g/mol. The van der Waals surface area contributed by atoms with Gasteiger partial charge in [0.05, 0.1) is 5.56 Å². The number of nitrogens with one attached hydrogen (secondary N) is 1. The standard InChI is InChI=1S/C17H17F6N5O/c18-16(19,20)10-29-15-26-13(25-14(27-15)28-6-4-24-5-7-28)9-11-2-1-3-12(8-11)17(21,22)23/h1-3,8,24H,4-7,9-10H2. The SMILES string of the molecule is FC(F)(F)COc1nc(Cc2cccc(C(F)(F)F)c2)nc(N2CCNCC2)n1. The quantitative estimate of drug-likeness (QED) is 0.750. The van der Waals surface area contributed by atoms with Gasteiger partial charge in [0, 0.05) is 32.6 Å². The lowest BCUT2D eigenvalue weighted by Crippen LogP contribution is -2.44. The Bertz CT molecular complexity index is 836. The van der Waals surface area contributed by atoms with E-state index >= 15 is 0 Å². The molecule has 0 bridgehead atoms. The number of rotatable bonds is 5. The fourth-order valence-electron chi connectivity index (χ4n) is 2.72. The van der Waals surface area contributed by atoms with Crippen LogP contribution < -0.4 is 15.0 Å². The fraction of sp³-hybridized carbons (Fsp3) is 0.471. The topological polar surface area (TPSA) is 63.2 Å². The molecule has 29 heavy (non-hydrogen) atoms. The first-order valence-electron chi connectivity index (χ1n) is 8.66. The molecule has 12 heteroatoms. The minimum Gasteiger partial charge on any atom is -0.454 e. The minimum atomic E-state index is -4.58.